The number of unbranched alkanes of at least 4 members (excludes halogenated alkanes) is 2. The molecule has 130 valence electrons. The van der Waals surface area contributed by atoms with Gasteiger partial charge in [0.25, 0.3) is 0 Å². The lowest BCUT2D eigenvalue weighted by atomic mass is 10.0. The molecule has 0 saturated carbocycles. The number of phenolic OH excluding ortho intramolecular Hbond substituents is 1. The fraction of sp³-hybridized carbons (Fsp3) is 0.632. The normalized spacial score (nSPS) is 12.1. The van der Waals surface area contributed by atoms with Crippen LogP contribution in [0.15, 0.2) is 18.2 Å². The van der Waals surface area contributed by atoms with Crippen molar-refractivity contribution in [3.63, 3.8) is 0 Å². The summed E-state index contributed by atoms with van der Waals surface area (Å²) in [7, 11) is 0. The highest BCUT2D eigenvalue weighted by atomic mass is 16.5. The van der Waals surface area contributed by atoms with Crippen molar-refractivity contribution in [2.45, 2.75) is 71.3 Å². The molecule has 0 fully saturated rings. The number of aromatic hydroxyl groups is 1. The first-order valence-electron chi connectivity index (χ1n) is 8.71. The lowest BCUT2D eigenvalue weighted by molar-refractivity contribution is -0.121. The molecule has 0 amide bonds. The average molecular weight is 322 g/mol. The fourth-order valence-corrected chi connectivity index (χ4v) is 2.42. The molecule has 0 spiro atoms. The quantitative estimate of drug-likeness (QED) is 0.571. The number of phenols is 1. The van der Waals surface area contributed by atoms with Crippen molar-refractivity contribution in [2.24, 2.45) is 0 Å². The highest BCUT2D eigenvalue weighted by molar-refractivity contribution is 5.79. The summed E-state index contributed by atoms with van der Waals surface area (Å²) in [5.41, 5.74) is 0.961. The van der Waals surface area contributed by atoms with E-state index in [1.165, 1.54) is 0 Å². The molecule has 0 aliphatic heterocycles. The van der Waals surface area contributed by atoms with Crippen LogP contribution in [0.3, 0.4) is 0 Å². The first-order valence-corrected chi connectivity index (χ1v) is 8.71. The van der Waals surface area contributed by atoms with E-state index in [-0.39, 0.29) is 18.0 Å². The maximum absolute atomic E-state index is 11.9. The van der Waals surface area contributed by atoms with Gasteiger partial charge in [0.05, 0.1) is 12.7 Å². The SMILES string of the molecule is CCCCCC(O)CC(=O)CCc1ccc(O)c(OCCC)c1. The zero-order valence-corrected chi connectivity index (χ0v) is 14.4. The predicted octanol–water partition coefficient (Wildman–Crippen LogP) is 4.01. The summed E-state index contributed by atoms with van der Waals surface area (Å²) in [4.78, 5) is 11.9. The van der Waals surface area contributed by atoms with Crippen LogP contribution in [0.25, 0.3) is 0 Å². The molecule has 23 heavy (non-hydrogen) atoms. The van der Waals surface area contributed by atoms with E-state index in [0.29, 0.717) is 31.6 Å². The van der Waals surface area contributed by atoms with Gasteiger partial charge in [0.1, 0.15) is 5.78 Å². The van der Waals surface area contributed by atoms with Gasteiger partial charge < -0.3 is 14.9 Å². The number of rotatable bonds is 12. The number of ether oxygens (including phenoxy) is 1. The molecule has 0 bridgehead atoms. The lowest BCUT2D eigenvalue weighted by Crippen LogP contribution is -2.13. The highest BCUT2D eigenvalue weighted by Gasteiger charge is 2.11. The van der Waals surface area contributed by atoms with Gasteiger partial charge in [-0.25, -0.2) is 0 Å². The minimum absolute atomic E-state index is 0.0816. The summed E-state index contributed by atoms with van der Waals surface area (Å²) in [6.07, 6.45) is 5.49. The summed E-state index contributed by atoms with van der Waals surface area (Å²) in [6.45, 7) is 4.68. The van der Waals surface area contributed by atoms with Crippen LogP contribution in [-0.4, -0.2) is 28.7 Å². The molecule has 4 heteroatoms. The molecule has 1 unspecified atom stereocenters. The molecule has 1 atom stereocenters. The van der Waals surface area contributed by atoms with Gasteiger partial charge in [0.2, 0.25) is 0 Å². The Hall–Kier alpha value is -1.55. The second-order valence-corrected chi connectivity index (χ2v) is 6.04. The molecule has 0 saturated heterocycles. The van der Waals surface area contributed by atoms with E-state index in [1.54, 1.807) is 18.2 Å². The number of ketones is 1. The number of carbonyl (C=O) groups excluding carboxylic acids is 1. The van der Waals surface area contributed by atoms with Crippen LogP contribution < -0.4 is 4.74 Å². The standard InChI is InChI=1S/C19H30O4/c1-3-5-6-7-16(20)14-17(21)10-8-15-9-11-18(22)19(13-15)23-12-4-2/h9,11,13,16,20,22H,3-8,10,12,14H2,1-2H3. The molecule has 0 aromatic heterocycles. The van der Waals surface area contributed by atoms with Gasteiger partial charge in [-0.2, -0.15) is 0 Å². The van der Waals surface area contributed by atoms with Crippen LogP contribution in [0.5, 0.6) is 11.5 Å². The maximum Gasteiger partial charge on any atom is 0.161 e. The third-order valence-electron chi connectivity index (χ3n) is 3.78. The van der Waals surface area contributed by atoms with Crippen molar-refractivity contribution in [1.82, 2.24) is 0 Å². The first kappa shape index (κ1) is 19.5. The van der Waals surface area contributed by atoms with Gasteiger partial charge in [-0.3, -0.25) is 4.79 Å². The molecule has 4 nitrogen and oxygen atoms in total. The van der Waals surface area contributed by atoms with Crippen molar-refractivity contribution >= 4 is 5.78 Å². The smallest absolute Gasteiger partial charge is 0.161 e. The molecule has 0 aliphatic rings. The van der Waals surface area contributed by atoms with Crippen LogP contribution in [0.2, 0.25) is 0 Å². The average Bonchev–Trinajstić information content (AvgIpc) is 2.53. The molecule has 2 N–H and O–H groups in total. The molecular formula is C19H30O4. The van der Waals surface area contributed by atoms with E-state index in [1.807, 2.05) is 6.92 Å². The number of hydrogen-bond donors (Lipinski definition) is 2. The van der Waals surface area contributed by atoms with E-state index in [2.05, 4.69) is 6.92 Å². The number of hydrogen-bond acceptors (Lipinski definition) is 4. The number of benzene rings is 1. The number of aryl methyl sites for hydroxylation is 1. The molecular weight excluding hydrogens is 292 g/mol. The fourth-order valence-electron chi connectivity index (χ4n) is 2.42. The minimum atomic E-state index is -0.516. The Kier molecular flexibility index (Phi) is 9.37. The van der Waals surface area contributed by atoms with Crippen LogP contribution >= 0.6 is 0 Å². The van der Waals surface area contributed by atoms with Gasteiger partial charge >= 0.3 is 0 Å². The molecule has 1 aromatic carbocycles. The minimum Gasteiger partial charge on any atom is -0.504 e. The Morgan fingerprint density at radius 1 is 1.22 bits per heavy atom. The summed E-state index contributed by atoms with van der Waals surface area (Å²) in [5.74, 6) is 0.675. The topological polar surface area (TPSA) is 66.8 Å². The second kappa shape index (κ2) is 11.1. The maximum atomic E-state index is 11.9. The van der Waals surface area contributed by atoms with Crippen molar-refractivity contribution in [2.75, 3.05) is 6.61 Å². The van der Waals surface area contributed by atoms with Crippen LogP contribution in [-0.2, 0) is 11.2 Å². The highest BCUT2D eigenvalue weighted by Crippen LogP contribution is 2.27. The van der Waals surface area contributed by atoms with E-state index in [9.17, 15) is 15.0 Å². The molecule has 1 rings (SSSR count). The van der Waals surface area contributed by atoms with Crippen LogP contribution in [0.1, 0.15) is 64.4 Å². The van der Waals surface area contributed by atoms with Crippen molar-refractivity contribution in [1.29, 1.82) is 0 Å². The van der Waals surface area contributed by atoms with Crippen LogP contribution in [0, 0.1) is 0 Å². The van der Waals surface area contributed by atoms with Crippen molar-refractivity contribution in [3.05, 3.63) is 23.8 Å². The zero-order valence-electron chi connectivity index (χ0n) is 14.4. The van der Waals surface area contributed by atoms with E-state index >= 15 is 0 Å². The number of Topliss-reactive ketones (excluding diaryl/α,β-unsaturated/α-hetero) is 1. The van der Waals surface area contributed by atoms with E-state index in [4.69, 9.17) is 4.74 Å². The third-order valence-corrected chi connectivity index (χ3v) is 3.78. The van der Waals surface area contributed by atoms with Crippen molar-refractivity contribution < 1.29 is 19.7 Å². The Bertz CT molecular complexity index is 470. The summed E-state index contributed by atoms with van der Waals surface area (Å²) in [6, 6.07) is 5.19. The Balaban J connectivity index is 2.40. The molecule has 0 aliphatic carbocycles. The summed E-state index contributed by atoms with van der Waals surface area (Å²) in [5, 5.41) is 19.6. The summed E-state index contributed by atoms with van der Waals surface area (Å²) < 4.78 is 5.48. The Labute approximate surface area is 139 Å². The van der Waals surface area contributed by atoms with Crippen molar-refractivity contribution in [3.8, 4) is 11.5 Å². The van der Waals surface area contributed by atoms with Gasteiger partial charge in [0, 0.05) is 12.8 Å². The Morgan fingerprint density at radius 3 is 2.70 bits per heavy atom. The van der Waals surface area contributed by atoms with Crippen LogP contribution in [0.4, 0.5) is 0 Å². The predicted molar refractivity (Wildman–Crippen MR) is 92.0 cm³/mol. The number of aliphatic hydroxyl groups is 1. The largest absolute Gasteiger partial charge is 0.504 e. The Morgan fingerprint density at radius 2 is 2.00 bits per heavy atom. The molecule has 1 aromatic rings. The third kappa shape index (κ3) is 8.03. The monoisotopic (exact) mass is 322 g/mol. The van der Waals surface area contributed by atoms with Gasteiger partial charge in [-0.05, 0) is 37.0 Å². The van der Waals surface area contributed by atoms with Gasteiger partial charge in [0.15, 0.2) is 11.5 Å². The number of aliphatic hydroxyl groups excluding tert-OH is 1. The van der Waals surface area contributed by atoms with Gasteiger partial charge in [-0.1, -0.05) is 39.2 Å². The first-order chi connectivity index (χ1) is 11.1. The molecule has 0 heterocycles. The van der Waals surface area contributed by atoms with E-state index < -0.39 is 6.10 Å². The molecule has 0 radical (unpaired) electrons. The second-order valence-electron chi connectivity index (χ2n) is 6.04. The van der Waals surface area contributed by atoms with E-state index in [0.717, 1.165) is 31.2 Å². The lowest BCUT2D eigenvalue weighted by Gasteiger charge is -2.11. The zero-order chi connectivity index (χ0) is 17.1. The van der Waals surface area contributed by atoms with Gasteiger partial charge in [-0.15, -0.1) is 0 Å². The number of carbonyl (C=O) groups is 1. The summed E-state index contributed by atoms with van der Waals surface area (Å²) >= 11 is 0.